The predicted octanol–water partition coefficient (Wildman–Crippen LogP) is 3.08. The summed E-state index contributed by atoms with van der Waals surface area (Å²) >= 11 is 0. The zero-order valence-corrected chi connectivity index (χ0v) is 12.9. The van der Waals surface area contributed by atoms with E-state index >= 15 is 0 Å². The highest BCUT2D eigenvalue weighted by Gasteiger charge is 2.31. The summed E-state index contributed by atoms with van der Waals surface area (Å²) in [5, 5.41) is 0. The summed E-state index contributed by atoms with van der Waals surface area (Å²) in [7, 11) is 2.00. The van der Waals surface area contributed by atoms with Gasteiger partial charge in [0.15, 0.2) is 5.78 Å². The molecular formula is C17H22N2O2. The second kappa shape index (κ2) is 5.53. The molecule has 4 heteroatoms. The molecule has 1 saturated carbocycles. The largest absolute Gasteiger partial charge is 0.468 e. The van der Waals surface area contributed by atoms with Crippen molar-refractivity contribution >= 4 is 5.78 Å². The number of hydrogen-bond acceptors (Lipinski definition) is 3. The second-order valence-corrected chi connectivity index (χ2v) is 5.98. The van der Waals surface area contributed by atoms with E-state index in [9.17, 15) is 4.79 Å². The fourth-order valence-electron chi connectivity index (χ4n) is 2.76. The lowest BCUT2D eigenvalue weighted by molar-refractivity contribution is 0.0913. The third kappa shape index (κ3) is 2.95. The number of carbonyl (C=O) groups is 1. The van der Waals surface area contributed by atoms with Crippen LogP contribution in [0, 0.1) is 13.8 Å². The first kappa shape index (κ1) is 14.1. The summed E-state index contributed by atoms with van der Waals surface area (Å²) in [6.45, 7) is 5.23. The van der Waals surface area contributed by atoms with Gasteiger partial charge in [-0.25, -0.2) is 0 Å². The van der Waals surface area contributed by atoms with Crippen LogP contribution in [-0.4, -0.2) is 27.8 Å². The summed E-state index contributed by atoms with van der Waals surface area (Å²) < 4.78 is 7.49. The van der Waals surface area contributed by atoms with E-state index in [1.165, 1.54) is 12.8 Å². The normalized spacial score (nSPS) is 14.9. The maximum Gasteiger partial charge on any atom is 0.178 e. The Kier molecular flexibility index (Phi) is 3.72. The van der Waals surface area contributed by atoms with Crippen LogP contribution < -0.4 is 0 Å². The van der Waals surface area contributed by atoms with Gasteiger partial charge in [-0.1, -0.05) is 0 Å². The average molecular weight is 286 g/mol. The van der Waals surface area contributed by atoms with E-state index in [1.807, 2.05) is 39.1 Å². The molecule has 4 nitrogen and oxygen atoms in total. The van der Waals surface area contributed by atoms with E-state index in [0.29, 0.717) is 19.1 Å². The van der Waals surface area contributed by atoms with Crippen LogP contribution in [0.15, 0.2) is 28.9 Å². The fourth-order valence-corrected chi connectivity index (χ4v) is 2.76. The molecule has 1 fully saturated rings. The van der Waals surface area contributed by atoms with Crippen molar-refractivity contribution in [3.05, 3.63) is 47.2 Å². The van der Waals surface area contributed by atoms with Crippen LogP contribution in [0.3, 0.4) is 0 Å². The lowest BCUT2D eigenvalue weighted by Crippen LogP contribution is -2.31. The van der Waals surface area contributed by atoms with Gasteiger partial charge in [-0.2, -0.15) is 0 Å². The smallest absolute Gasteiger partial charge is 0.178 e. The number of hydrogen-bond donors (Lipinski definition) is 0. The third-order valence-electron chi connectivity index (χ3n) is 4.42. The molecule has 0 unspecified atom stereocenters. The maximum absolute atomic E-state index is 12.6. The standard InChI is InChI=1S/C17H22N2O2/c1-12-9-16(13(2)18(12)3)17(20)11-19(14-6-7-14)10-15-5-4-8-21-15/h4-5,8-9,14H,6-7,10-11H2,1-3H3. The minimum absolute atomic E-state index is 0.203. The van der Waals surface area contributed by atoms with Crippen molar-refractivity contribution in [2.45, 2.75) is 39.3 Å². The summed E-state index contributed by atoms with van der Waals surface area (Å²) in [5.74, 6) is 1.13. The monoisotopic (exact) mass is 286 g/mol. The highest BCUT2D eigenvalue weighted by molar-refractivity contribution is 5.99. The van der Waals surface area contributed by atoms with Crippen molar-refractivity contribution in [1.82, 2.24) is 9.47 Å². The second-order valence-electron chi connectivity index (χ2n) is 5.98. The minimum Gasteiger partial charge on any atom is -0.468 e. The highest BCUT2D eigenvalue weighted by Crippen LogP contribution is 2.29. The van der Waals surface area contributed by atoms with Gasteiger partial charge in [0.1, 0.15) is 5.76 Å². The van der Waals surface area contributed by atoms with Crippen LogP contribution in [-0.2, 0) is 13.6 Å². The van der Waals surface area contributed by atoms with Crippen LogP contribution in [0.25, 0.3) is 0 Å². The molecule has 0 saturated heterocycles. The molecule has 112 valence electrons. The van der Waals surface area contributed by atoms with Crippen LogP contribution in [0.1, 0.15) is 40.3 Å². The molecule has 0 radical (unpaired) electrons. The molecule has 2 aromatic rings. The number of furan rings is 1. The van der Waals surface area contributed by atoms with E-state index < -0.39 is 0 Å². The highest BCUT2D eigenvalue weighted by atomic mass is 16.3. The Morgan fingerprint density at radius 2 is 2.19 bits per heavy atom. The van der Waals surface area contributed by atoms with Crippen LogP contribution in [0.5, 0.6) is 0 Å². The van der Waals surface area contributed by atoms with E-state index in [-0.39, 0.29) is 5.78 Å². The number of rotatable bonds is 6. The Labute approximate surface area is 125 Å². The lowest BCUT2D eigenvalue weighted by atomic mass is 10.1. The quantitative estimate of drug-likeness (QED) is 0.766. The Balaban J connectivity index is 1.73. The number of nitrogens with zero attached hydrogens (tertiary/aromatic N) is 2. The number of aromatic nitrogens is 1. The summed E-state index contributed by atoms with van der Waals surface area (Å²) in [6.07, 6.45) is 4.05. The Bertz CT molecular complexity index is 636. The van der Waals surface area contributed by atoms with Gasteiger partial charge in [0.05, 0.1) is 19.4 Å². The van der Waals surface area contributed by atoms with Gasteiger partial charge in [-0.05, 0) is 44.9 Å². The maximum atomic E-state index is 12.6. The van der Waals surface area contributed by atoms with Gasteiger partial charge in [0.25, 0.3) is 0 Å². The number of Topliss-reactive ketones (excluding diaryl/α,β-unsaturated/α-hetero) is 1. The zero-order chi connectivity index (χ0) is 15.0. The van der Waals surface area contributed by atoms with E-state index in [1.54, 1.807) is 6.26 Å². The van der Waals surface area contributed by atoms with Crippen molar-refractivity contribution in [2.75, 3.05) is 6.54 Å². The molecule has 21 heavy (non-hydrogen) atoms. The van der Waals surface area contributed by atoms with Gasteiger partial charge >= 0.3 is 0 Å². The number of aryl methyl sites for hydroxylation is 1. The SMILES string of the molecule is Cc1cc(C(=O)CN(Cc2ccco2)C2CC2)c(C)n1C. The summed E-state index contributed by atoms with van der Waals surface area (Å²) in [5.41, 5.74) is 3.02. The van der Waals surface area contributed by atoms with Crippen LogP contribution >= 0.6 is 0 Å². The van der Waals surface area contributed by atoms with Gasteiger partial charge < -0.3 is 8.98 Å². The molecule has 3 rings (SSSR count). The van der Waals surface area contributed by atoms with Gasteiger partial charge in [0, 0.05) is 30.0 Å². The van der Waals surface area contributed by atoms with Crippen molar-refractivity contribution in [3.8, 4) is 0 Å². The fraction of sp³-hybridized carbons (Fsp3) is 0.471. The van der Waals surface area contributed by atoms with Crippen LogP contribution in [0.2, 0.25) is 0 Å². The van der Waals surface area contributed by atoms with Gasteiger partial charge in [-0.3, -0.25) is 9.69 Å². The zero-order valence-electron chi connectivity index (χ0n) is 12.9. The van der Waals surface area contributed by atoms with E-state index in [2.05, 4.69) is 9.47 Å². The molecule has 0 aromatic carbocycles. The first-order valence-electron chi connectivity index (χ1n) is 7.49. The molecule has 2 aromatic heterocycles. The van der Waals surface area contributed by atoms with Crippen molar-refractivity contribution < 1.29 is 9.21 Å². The van der Waals surface area contributed by atoms with E-state index in [0.717, 1.165) is 22.7 Å². The van der Waals surface area contributed by atoms with E-state index in [4.69, 9.17) is 4.42 Å². The summed E-state index contributed by atoms with van der Waals surface area (Å²) in [4.78, 5) is 14.9. The minimum atomic E-state index is 0.203. The molecule has 0 spiro atoms. The average Bonchev–Trinajstić information content (AvgIpc) is 3.13. The van der Waals surface area contributed by atoms with Crippen LogP contribution in [0.4, 0.5) is 0 Å². The summed E-state index contributed by atoms with van der Waals surface area (Å²) in [6, 6.07) is 6.39. The third-order valence-corrected chi connectivity index (χ3v) is 4.42. The molecule has 0 amide bonds. The van der Waals surface area contributed by atoms with Gasteiger partial charge in [-0.15, -0.1) is 0 Å². The molecule has 0 N–H and O–H groups in total. The Hall–Kier alpha value is -1.81. The Morgan fingerprint density at radius 1 is 1.43 bits per heavy atom. The van der Waals surface area contributed by atoms with Crippen molar-refractivity contribution in [3.63, 3.8) is 0 Å². The molecular weight excluding hydrogens is 264 g/mol. The molecule has 2 heterocycles. The number of carbonyl (C=O) groups excluding carboxylic acids is 1. The Morgan fingerprint density at radius 3 is 2.71 bits per heavy atom. The van der Waals surface area contributed by atoms with Crippen molar-refractivity contribution in [2.24, 2.45) is 7.05 Å². The molecule has 0 bridgehead atoms. The predicted molar refractivity (Wildman–Crippen MR) is 81.4 cm³/mol. The first-order chi connectivity index (χ1) is 10.1. The van der Waals surface area contributed by atoms with Crippen molar-refractivity contribution in [1.29, 1.82) is 0 Å². The molecule has 0 aliphatic heterocycles. The molecule has 1 aliphatic rings. The lowest BCUT2D eigenvalue weighted by Gasteiger charge is -2.19. The number of ketones is 1. The molecule has 1 aliphatic carbocycles. The molecule has 0 atom stereocenters. The van der Waals surface area contributed by atoms with Gasteiger partial charge in [0.2, 0.25) is 0 Å². The first-order valence-corrected chi connectivity index (χ1v) is 7.49. The topological polar surface area (TPSA) is 38.4 Å².